The van der Waals surface area contributed by atoms with Gasteiger partial charge in [-0.05, 0) is 37.8 Å². The fourth-order valence-electron chi connectivity index (χ4n) is 2.46. The van der Waals surface area contributed by atoms with Crippen LogP contribution < -0.4 is 0 Å². The van der Waals surface area contributed by atoms with Crippen molar-refractivity contribution in [2.24, 2.45) is 0 Å². The molecule has 5 heteroatoms. The van der Waals surface area contributed by atoms with Crippen LogP contribution in [0.25, 0.3) is 11.4 Å². The van der Waals surface area contributed by atoms with Crippen LogP contribution in [0.3, 0.4) is 0 Å². The number of halogens is 1. The molecule has 19 heavy (non-hydrogen) atoms. The number of aliphatic hydroxyl groups excluding tert-OH is 1. The van der Waals surface area contributed by atoms with Gasteiger partial charge in [0.25, 0.3) is 0 Å². The van der Waals surface area contributed by atoms with E-state index < -0.39 is 0 Å². The van der Waals surface area contributed by atoms with Crippen LogP contribution in [-0.4, -0.2) is 21.4 Å². The Kier molecular flexibility index (Phi) is 3.41. The topological polar surface area (TPSA) is 59.2 Å². The summed E-state index contributed by atoms with van der Waals surface area (Å²) in [6.07, 6.45) is 2.40. The van der Waals surface area contributed by atoms with E-state index in [-0.39, 0.29) is 12.0 Å². The number of benzene rings is 1. The monoisotopic (exact) mass is 322 g/mol. The van der Waals surface area contributed by atoms with E-state index in [2.05, 4.69) is 26.1 Å². The molecule has 2 aromatic rings. The Bertz CT molecular complexity index is 597. The summed E-state index contributed by atoms with van der Waals surface area (Å²) in [5.41, 5.74) is 2.08. The second-order valence-corrected chi connectivity index (χ2v) is 5.88. The van der Waals surface area contributed by atoms with Crippen molar-refractivity contribution < 1.29 is 9.63 Å². The summed E-state index contributed by atoms with van der Waals surface area (Å²) in [7, 11) is 0. The third-order valence-electron chi connectivity index (χ3n) is 3.67. The van der Waals surface area contributed by atoms with E-state index >= 15 is 0 Å². The van der Waals surface area contributed by atoms with E-state index in [1.165, 1.54) is 5.56 Å². The van der Waals surface area contributed by atoms with Gasteiger partial charge in [-0.3, -0.25) is 0 Å². The highest BCUT2D eigenvalue weighted by Crippen LogP contribution is 2.34. The Morgan fingerprint density at radius 1 is 1.37 bits per heavy atom. The van der Waals surface area contributed by atoms with Crippen LogP contribution in [0.2, 0.25) is 0 Å². The van der Waals surface area contributed by atoms with Crippen molar-refractivity contribution in [1.82, 2.24) is 10.1 Å². The average molecular weight is 323 g/mol. The number of rotatable bonds is 2. The second kappa shape index (κ2) is 5.06. The molecule has 1 saturated carbocycles. The molecule has 1 aliphatic rings. The lowest BCUT2D eigenvalue weighted by Gasteiger charge is -2.07. The maximum Gasteiger partial charge on any atom is 0.232 e. The van der Waals surface area contributed by atoms with Crippen molar-refractivity contribution in [2.75, 3.05) is 0 Å². The zero-order valence-electron chi connectivity index (χ0n) is 10.6. The zero-order valence-corrected chi connectivity index (χ0v) is 12.2. The van der Waals surface area contributed by atoms with Crippen molar-refractivity contribution in [3.63, 3.8) is 0 Å². The van der Waals surface area contributed by atoms with Crippen molar-refractivity contribution in [2.45, 2.75) is 38.2 Å². The van der Waals surface area contributed by atoms with Crippen LogP contribution in [0.4, 0.5) is 0 Å². The number of hydrogen-bond donors (Lipinski definition) is 1. The molecule has 1 aromatic heterocycles. The van der Waals surface area contributed by atoms with E-state index in [1.807, 2.05) is 25.1 Å². The van der Waals surface area contributed by atoms with E-state index in [1.54, 1.807) is 0 Å². The van der Waals surface area contributed by atoms with Gasteiger partial charge in [0, 0.05) is 10.0 Å². The average Bonchev–Trinajstić information content (AvgIpc) is 3.01. The molecule has 0 aliphatic heterocycles. The molecule has 1 fully saturated rings. The van der Waals surface area contributed by atoms with Crippen molar-refractivity contribution >= 4 is 15.9 Å². The lowest BCUT2D eigenvalue weighted by molar-refractivity contribution is 0.148. The summed E-state index contributed by atoms with van der Waals surface area (Å²) in [6.45, 7) is 2.03. The van der Waals surface area contributed by atoms with Gasteiger partial charge >= 0.3 is 0 Å². The molecule has 1 heterocycles. The molecule has 0 radical (unpaired) electrons. The molecule has 3 rings (SSSR count). The van der Waals surface area contributed by atoms with Gasteiger partial charge in [-0.15, -0.1) is 0 Å². The van der Waals surface area contributed by atoms with Gasteiger partial charge in [0.05, 0.1) is 12.0 Å². The van der Waals surface area contributed by atoms with Gasteiger partial charge in [0.15, 0.2) is 0 Å². The molecule has 0 saturated heterocycles. The quantitative estimate of drug-likeness (QED) is 0.920. The maximum absolute atomic E-state index is 9.87. The van der Waals surface area contributed by atoms with Crippen LogP contribution in [-0.2, 0) is 0 Å². The van der Waals surface area contributed by atoms with Crippen LogP contribution in [0.5, 0.6) is 0 Å². The predicted octanol–water partition coefficient (Wildman–Crippen LogP) is 3.44. The Labute approximate surface area is 120 Å². The molecule has 0 amide bonds. The summed E-state index contributed by atoms with van der Waals surface area (Å²) in [5.74, 6) is 1.13. The molecule has 0 bridgehead atoms. The number of nitrogens with zero attached hydrogens (tertiary/aromatic N) is 2. The highest BCUT2D eigenvalue weighted by molar-refractivity contribution is 9.10. The molecule has 0 spiro atoms. The first kappa shape index (κ1) is 12.8. The molecule has 2 unspecified atom stereocenters. The van der Waals surface area contributed by atoms with Crippen molar-refractivity contribution in [3.8, 4) is 11.4 Å². The molecule has 1 aliphatic carbocycles. The summed E-state index contributed by atoms with van der Waals surface area (Å²) in [5, 5.41) is 13.9. The molecule has 1 aromatic carbocycles. The van der Waals surface area contributed by atoms with Gasteiger partial charge in [-0.25, -0.2) is 0 Å². The van der Waals surface area contributed by atoms with Crippen LogP contribution in [0.1, 0.15) is 36.6 Å². The van der Waals surface area contributed by atoms with E-state index in [0.717, 1.165) is 29.3 Å². The maximum atomic E-state index is 9.87. The smallest absolute Gasteiger partial charge is 0.232 e. The molecule has 100 valence electrons. The molecule has 1 N–H and O–H groups in total. The van der Waals surface area contributed by atoms with E-state index in [0.29, 0.717) is 11.7 Å². The summed E-state index contributed by atoms with van der Waals surface area (Å²) < 4.78 is 6.33. The fourth-order valence-corrected chi connectivity index (χ4v) is 2.84. The predicted molar refractivity (Wildman–Crippen MR) is 74.8 cm³/mol. The highest BCUT2D eigenvalue weighted by Gasteiger charge is 2.31. The zero-order chi connectivity index (χ0) is 13.4. The number of aromatic nitrogens is 2. The summed E-state index contributed by atoms with van der Waals surface area (Å²) in [4.78, 5) is 4.43. The van der Waals surface area contributed by atoms with Gasteiger partial charge in [0.2, 0.25) is 11.7 Å². The Morgan fingerprint density at radius 2 is 2.21 bits per heavy atom. The summed E-state index contributed by atoms with van der Waals surface area (Å²) >= 11 is 3.50. The number of hydrogen-bond acceptors (Lipinski definition) is 4. The third kappa shape index (κ3) is 2.44. The lowest BCUT2D eigenvalue weighted by atomic mass is 10.1. The van der Waals surface area contributed by atoms with Gasteiger partial charge in [-0.1, -0.05) is 33.2 Å². The largest absolute Gasteiger partial charge is 0.392 e. The molecule has 4 nitrogen and oxygen atoms in total. The second-order valence-electron chi connectivity index (χ2n) is 5.02. The van der Waals surface area contributed by atoms with Crippen LogP contribution >= 0.6 is 15.9 Å². The SMILES string of the molecule is Cc1ccc(-c2noc(C3CCCC3O)n2)cc1Br. The first-order chi connectivity index (χ1) is 9.15. The Balaban J connectivity index is 1.90. The number of aryl methyl sites for hydroxylation is 1. The van der Waals surface area contributed by atoms with E-state index in [9.17, 15) is 5.11 Å². The minimum atomic E-state index is -0.349. The first-order valence-electron chi connectivity index (χ1n) is 6.43. The lowest BCUT2D eigenvalue weighted by Crippen LogP contribution is -2.11. The molecular formula is C14H15BrN2O2. The van der Waals surface area contributed by atoms with E-state index in [4.69, 9.17) is 4.52 Å². The minimum Gasteiger partial charge on any atom is -0.392 e. The normalized spacial score (nSPS) is 22.9. The van der Waals surface area contributed by atoms with Gasteiger partial charge < -0.3 is 9.63 Å². The van der Waals surface area contributed by atoms with Crippen molar-refractivity contribution in [1.29, 1.82) is 0 Å². The molecule has 2 atom stereocenters. The first-order valence-corrected chi connectivity index (χ1v) is 7.22. The third-order valence-corrected chi connectivity index (χ3v) is 4.52. The highest BCUT2D eigenvalue weighted by atomic mass is 79.9. The Morgan fingerprint density at radius 3 is 2.89 bits per heavy atom. The number of aliphatic hydroxyl groups is 1. The standard InChI is InChI=1S/C14H15BrN2O2/c1-8-5-6-9(7-11(8)15)13-16-14(19-17-13)10-3-2-4-12(10)18/h5-7,10,12,18H,2-4H2,1H3. The minimum absolute atomic E-state index is 0.00450. The molecular weight excluding hydrogens is 308 g/mol. The van der Waals surface area contributed by atoms with Gasteiger partial charge in [0.1, 0.15) is 0 Å². The van der Waals surface area contributed by atoms with Crippen LogP contribution in [0, 0.1) is 6.92 Å². The van der Waals surface area contributed by atoms with Crippen LogP contribution in [0.15, 0.2) is 27.2 Å². The van der Waals surface area contributed by atoms with Gasteiger partial charge in [-0.2, -0.15) is 4.98 Å². The summed E-state index contributed by atoms with van der Waals surface area (Å²) in [6, 6.07) is 5.97. The Hall–Kier alpha value is -1.20. The van der Waals surface area contributed by atoms with Crippen molar-refractivity contribution in [3.05, 3.63) is 34.1 Å². The fraction of sp³-hybridized carbons (Fsp3) is 0.429.